The summed E-state index contributed by atoms with van der Waals surface area (Å²) in [6, 6.07) is 5.32. The first-order valence-electron chi connectivity index (χ1n) is 9.38. The second kappa shape index (κ2) is 8.72. The third kappa shape index (κ3) is 4.71. The number of hydrogen-bond donors (Lipinski definition) is 2. The summed E-state index contributed by atoms with van der Waals surface area (Å²) >= 11 is 0. The number of carbonyl (C=O) groups is 2. The molecule has 8 heteroatoms. The highest BCUT2D eigenvalue weighted by molar-refractivity contribution is 6.00. The van der Waals surface area contributed by atoms with E-state index in [-0.39, 0.29) is 17.9 Å². The van der Waals surface area contributed by atoms with E-state index in [9.17, 15) is 9.59 Å². The second-order valence-electron chi connectivity index (χ2n) is 6.99. The maximum absolute atomic E-state index is 12.9. The van der Waals surface area contributed by atoms with E-state index in [0.29, 0.717) is 36.2 Å². The molecule has 2 heterocycles. The molecule has 2 amide bonds. The Morgan fingerprint density at radius 2 is 2.10 bits per heavy atom. The number of nitrogens with one attached hydrogen (secondary N) is 2. The van der Waals surface area contributed by atoms with Gasteiger partial charge in [0.25, 0.3) is 5.91 Å². The minimum Gasteiger partial charge on any atom is -0.481 e. The molecule has 3 rings (SSSR count). The van der Waals surface area contributed by atoms with E-state index >= 15 is 0 Å². The molecule has 1 atom stereocenters. The van der Waals surface area contributed by atoms with Gasteiger partial charge >= 0.3 is 0 Å². The molecule has 0 aliphatic carbocycles. The smallest absolute Gasteiger partial charge is 0.253 e. The van der Waals surface area contributed by atoms with E-state index in [4.69, 9.17) is 4.74 Å². The molecule has 2 aromatic rings. The van der Waals surface area contributed by atoms with Crippen molar-refractivity contribution in [2.45, 2.75) is 26.3 Å². The lowest BCUT2D eigenvalue weighted by atomic mass is 10.1. The van der Waals surface area contributed by atoms with E-state index in [0.717, 1.165) is 17.5 Å². The van der Waals surface area contributed by atoms with Crippen molar-refractivity contribution in [2.75, 3.05) is 30.8 Å². The number of benzene rings is 1. The number of anilines is 2. The standard InChI is InChI=1S/C21H25N5O3/c1-5-18(27)24-17-7-6-15(10-13(17)2)20(28)26-9-8-16(12-26)23-21-22-11-14(3)19(25-21)29-4/h5-7,10-11,16H,1,8-9,12H2,2-4H3,(H,24,27)(H,22,23,25)/t16-/m1/s1. The van der Waals surface area contributed by atoms with Crippen LogP contribution in [0.15, 0.2) is 37.1 Å². The summed E-state index contributed by atoms with van der Waals surface area (Å²) in [5, 5.41) is 6.00. The summed E-state index contributed by atoms with van der Waals surface area (Å²) in [7, 11) is 1.57. The minimum absolute atomic E-state index is 0.0404. The first-order chi connectivity index (χ1) is 13.9. The molecule has 1 aliphatic heterocycles. The zero-order valence-electron chi connectivity index (χ0n) is 16.9. The molecule has 0 saturated carbocycles. The van der Waals surface area contributed by atoms with Gasteiger partial charge in [-0.05, 0) is 50.1 Å². The fourth-order valence-corrected chi connectivity index (χ4v) is 3.25. The van der Waals surface area contributed by atoms with Crippen LogP contribution in [0, 0.1) is 13.8 Å². The lowest BCUT2D eigenvalue weighted by Gasteiger charge is -2.18. The van der Waals surface area contributed by atoms with Crippen molar-refractivity contribution in [3.05, 3.63) is 53.7 Å². The van der Waals surface area contributed by atoms with Crippen LogP contribution >= 0.6 is 0 Å². The van der Waals surface area contributed by atoms with Gasteiger partial charge in [-0.25, -0.2) is 4.98 Å². The van der Waals surface area contributed by atoms with Crippen LogP contribution in [0.25, 0.3) is 0 Å². The lowest BCUT2D eigenvalue weighted by Crippen LogP contribution is -2.32. The van der Waals surface area contributed by atoms with E-state index < -0.39 is 0 Å². The average molecular weight is 395 g/mol. The van der Waals surface area contributed by atoms with Crippen LogP contribution < -0.4 is 15.4 Å². The Morgan fingerprint density at radius 3 is 2.79 bits per heavy atom. The number of hydrogen-bond acceptors (Lipinski definition) is 6. The summed E-state index contributed by atoms with van der Waals surface area (Å²) in [6.07, 6.45) is 3.72. The van der Waals surface area contributed by atoms with Crippen LogP contribution in [0.2, 0.25) is 0 Å². The van der Waals surface area contributed by atoms with Gasteiger partial charge in [-0.2, -0.15) is 4.98 Å². The largest absolute Gasteiger partial charge is 0.481 e. The summed E-state index contributed by atoms with van der Waals surface area (Å²) in [5.41, 5.74) is 2.94. The molecule has 1 aromatic carbocycles. The number of amides is 2. The van der Waals surface area contributed by atoms with Gasteiger partial charge in [0, 0.05) is 42.1 Å². The number of aromatic nitrogens is 2. The van der Waals surface area contributed by atoms with Crippen molar-refractivity contribution in [2.24, 2.45) is 0 Å². The highest BCUT2D eigenvalue weighted by Crippen LogP contribution is 2.21. The average Bonchev–Trinajstić information content (AvgIpc) is 3.18. The lowest BCUT2D eigenvalue weighted by molar-refractivity contribution is -0.111. The molecule has 0 radical (unpaired) electrons. The first-order valence-corrected chi connectivity index (χ1v) is 9.38. The predicted molar refractivity (Wildman–Crippen MR) is 111 cm³/mol. The van der Waals surface area contributed by atoms with Crippen LogP contribution in [0.3, 0.4) is 0 Å². The molecule has 0 spiro atoms. The zero-order chi connectivity index (χ0) is 21.0. The molecular weight excluding hydrogens is 370 g/mol. The fraction of sp³-hybridized carbons (Fsp3) is 0.333. The van der Waals surface area contributed by atoms with Crippen molar-refractivity contribution in [1.29, 1.82) is 0 Å². The van der Waals surface area contributed by atoms with E-state index in [1.165, 1.54) is 6.08 Å². The molecule has 1 saturated heterocycles. The Balaban J connectivity index is 1.64. The van der Waals surface area contributed by atoms with Crippen LogP contribution in [0.4, 0.5) is 11.6 Å². The Labute approximate surface area is 170 Å². The molecule has 1 fully saturated rings. The van der Waals surface area contributed by atoms with Gasteiger partial charge in [-0.1, -0.05) is 6.58 Å². The molecule has 1 aliphatic rings. The van der Waals surface area contributed by atoms with Crippen LogP contribution in [0.5, 0.6) is 5.88 Å². The van der Waals surface area contributed by atoms with Gasteiger partial charge in [-0.15, -0.1) is 0 Å². The Hall–Kier alpha value is -3.42. The van der Waals surface area contributed by atoms with Crippen molar-refractivity contribution in [1.82, 2.24) is 14.9 Å². The summed E-state index contributed by atoms with van der Waals surface area (Å²) in [5.74, 6) is 0.703. The maximum Gasteiger partial charge on any atom is 0.253 e. The first kappa shape index (κ1) is 20.3. The quantitative estimate of drug-likeness (QED) is 0.730. The molecule has 0 unspecified atom stereocenters. The fourth-order valence-electron chi connectivity index (χ4n) is 3.25. The molecule has 2 N–H and O–H groups in total. The van der Waals surface area contributed by atoms with E-state index in [1.54, 1.807) is 36.4 Å². The molecule has 29 heavy (non-hydrogen) atoms. The summed E-state index contributed by atoms with van der Waals surface area (Å²) < 4.78 is 5.23. The minimum atomic E-state index is -0.282. The summed E-state index contributed by atoms with van der Waals surface area (Å²) in [4.78, 5) is 34.8. The molecular formula is C21H25N5O3. The van der Waals surface area contributed by atoms with Gasteiger partial charge in [0.1, 0.15) is 0 Å². The van der Waals surface area contributed by atoms with E-state index in [1.807, 2.05) is 13.8 Å². The Bertz CT molecular complexity index is 944. The van der Waals surface area contributed by atoms with Gasteiger partial charge in [0.2, 0.25) is 17.7 Å². The number of likely N-dealkylation sites (tertiary alicyclic amines) is 1. The van der Waals surface area contributed by atoms with E-state index in [2.05, 4.69) is 27.2 Å². The maximum atomic E-state index is 12.9. The van der Waals surface area contributed by atoms with Crippen molar-refractivity contribution in [3.63, 3.8) is 0 Å². The number of carbonyl (C=O) groups excluding carboxylic acids is 2. The van der Waals surface area contributed by atoms with Gasteiger partial charge in [-0.3, -0.25) is 9.59 Å². The third-order valence-electron chi connectivity index (χ3n) is 4.84. The SMILES string of the molecule is C=CC(=O)Nc1ccc(C(=O)N2CC[C@@H](Nc3ncc(C)c(OC)n3)C2)cc1C. The number of nitrogens with zero attached hydrogens (tertiary/aromatic N) is 3. The van der Waals surface area contributed by atoms with Gasteiger partial charge in [0.15, 0.2) is 0 Å². The van der Waals surface area contributed by atoms with Crippen LogP contribution in [-0.2, 0) is 4.79 Å². The summed E-state index contributed by atoms with van der Waals surface area (Å²) in [6.45, 7) is 8.39. The predicted octanol–water partition coefficient (Wildman–Crippen LogP) is 2.55. The number of methoxy groups -OCH3 is 1. The number of rotatable bonds is 6. The van der Waals surface area contributed by atoms with Crippen LogP contribution in [-0.4, -0.2) is 52.9 Å². The molecule has 1 aromatic heterocycles. The molecule has 8 nitrogen and oxygen atoms in total. The Morgan fingerprint density at radius 1 is 1.31 bits per heavy atom. The second-order valence-corrected chi connectivity index (χ2v) is 6.99. The van der Waals surface area contributed by atoms with Crippen molar-refractivity contribution in [3.8, 4) is 5.88 Å². The zero-order valence-corrected chi connectivity index (χ0v) is 16.9. The van der Waals surface area contributed by atoms with Crippen LogP contribution in [0.1, 0.15) is 27.9 Å². The molecule has 0 bridgehead atoms. The normalized spacial score (nSPS) is 15.7. The van der Waals surface area contributed by atoms with Gasteiger partial charge < -0.3 is 20.3 Å². The highest BCUT2D eigenvalue weighted by atomic mass is 16.5. The highest BCUT2D eigenvalue weighted by Gasteiger charge is 2.27. The third-order valence-corrected chi connectivity index (χ3v) is 4.84. The van der Waals surface area contributed by atoms with Crippen molar-refractivity contribution >= 4 is 23.5 Å². The number of ether oxygens (including phenoxy) is 1. The topological polar surface area (TPSA) is 96.5 Å². The van der Waals surface area contributed by atoms with Gasteiger partial charge in [0.05, 0.1) is 7.11 Å². The monoisotopic (exact) mass is 395 g/mol. The van der Waals surface area contributed by atoms with Crippen molar-refractivity contribution < 1.29 is 14.3 Å². The number of aryl methyl sites for hydroxylation is 2. The Kier molecular flexibility index (Phi) is 6.11. The molecule has 152 valence electrons.